The van der Waals surface area contributed by atoms with Crippen LogP contribution in [0.2, 0.25) is 0 Å². The van der Waals surface area contributed by atoms with Crippen LogP contribution >= 0.6 is 52.1 Å². The van der Waals surface area contributed by atoms with Crippen LogP contribution in [0.1, 0.15) is 0 Å². The van der Waals surface area contributed by atoms with Crippen molar-refractivity contribution < 1.29 is 0 Å². The number of nitrogens with zero attached hydrogens (tertiary/aromatic N) is 2. The van der Waals surface area contributed by atoms with E-state index in [-0.39, 0.29) is 0 Å². The third-order valence-corrected chi connectivity index (χ3v) is 135. The number of hydrogen-bond acceptors (Lipinski definition) is 2. The number of rotatable bonds is 8. The Morgan fingerprint density at radius 3 is 0.614 bits per heavy atom. The fourth-order valence-corrected chi connectivity index (χ4v) is 206. The molecule has 0 spiro atoms. The fourth-order valence-electron chi connectivity index (χ4n) is 6.50. The van der Waals surface area contributed by atoms with E-state index in [1.807, 2.05) is 0 Å². The van der Waals surface area contributed by atoms with Gasteiger partial charge in [-0.3, -0.25) is 0 Å². The summed E-state index contributed by atoms with van der Waals surface area (Å²) < 4.78 is 6.50. The minimum absolute atomic E-state index is 1.48. The third kappa shape index (κ3) is 5.37. The second-order valence-corrected chi connectivity index (χ2v) is 56.8. The van der Waals surface area contributed by atoms with Crippen molar-refractivity contribution in [2.45, 2.75) is 0 Å². The van der Waals surface area contributed by atoms with Crippen molar-refractivity contribution in [2.24, 2.45) is 0 Å². The fraction of sp³-hybridized carbons (Fsp3) is 0. The monoisotopic (exact) mass is 1050 g/mol. The molecule has 0 aromatic heterocycles. The van der Waals surface area contributed by atoms with Crippen LogP contribution in [0, 0.1) is 0 Å². The first-order valence-electron chi connectivity index (χ1n) is 14.7. The van der Waals surface area contributed by atoms with Crippen LogP contribution in [-0.2, 0) is 0 Å². The Bertz CT molecular complexity index is 1470. The zero-order chi connectivity index (χ0) is 30.0. The molecule has 1 fully saturated rings. The van der Waals surface area contributed by atoms with E-state index in [9.17, 15) is 0 Å². The van der Waals surface area contributed by atoms with Gasteiger partial charge in [-0.2, -0.15) is 0 Å². The Morgan fingerprint density at radius 2 is 0.455 bits per heavy atom. The van der Waals surface area contributed by atoms with Crippen LogP contribution < -0.4 is 31.8 Å². The van der Waals surface area contributed by atoms with Gasteiger partial charge in [0.25, 0.3) is 0 Å². The van der Waals surface area contributed by atoms with Crippen molar-refractivity contribution in [3.8, 4) is 0 Å². The van der Waals surface area contributed by atoms with E-state index < -0.39 is 47.5 Å². The van der Waals surface area contributed by atoms with Gasteiger partial charge < -0.3 is 0 Å². The molecule has 0 atom stereocenters. The molecule has 0 N–H and O–H groups in total. The predicted molar refractivity (Wildman–Crippen MR) is 216 cm³/mol. The first-order valence-corrected chi connectivity index (χ1v) is 43.3. The van der Waals surface area contributed by atoms with Crippen LogP contribution in [0.25, 0.3) is 0 Å². The SMILES string of the molecule is [I][SnH]1[N]([P+](c2ccccc2)(c2ccccc2)c2ccccc2)[SnH]([I])[N]1[P+](c1ccccc1)(c1ccccc1)c1ccccc1. The number of hydrogen-bond donors (Lipinski definition) is 0. The number of halogens is 2. The minimum atomic E-state index is -2.69. The van der Waals surface area contributed by atoms with Crippen molar-refractivity contribution in [3.63, 3.8) is 0 Å². The van der Waals surface area contributed by atoms with E-state index in [1.165, 1.54) is 31.8 Å². The maximum absolute atomic E-state index is 3.25. The molecule has 6 aromatic rings. The average Bonchev–Trinajstić information content (AvgIpc) is 3.11. The van der Waals surface area contributed by atoms with Gasteiger partial charge in [-0.05, 0) is 0 Å². The molecule has 1 aliphatic rings. The molecule has 6 aromatic carbocycles. The van der Waals surface area contributed by atoms with Gasteiger partial charge in [0.15, 0.2) is 0 Å². The second kappa shape index (κ2) is 14.1. The number of benzene rings is 6. The quantitative estimate of drug-likeness (QED) is 0.0950. The molecule has 8 heteroatoms. The summed E-state index contributed by atoms with van der Waals surface area (Å²) in [7, 11) is -4.14. The van der Waals surface area contributed by atoms with Crippen LogP contribution in [0.4, 0.5) is 0 Å². The van der Waals surface area contributed by atoms with Crippen molar-refractivity contribution in [3.05, 3.63) is 182 Å². The van der Waals surface area contributed by atoms with E-state index in [4.69, 9.17) is 0 Å². The topological polar surface area (TPSA) is 6.48 Å². The summed E-state index contributed by atoms with van der Waals surface area (Å²) >= 11 is 0.642. The zero-order valence-corrected chi connectivity index (χ0v) is 36.7. The molecule has 7 rings (SSSR count). The van der Waals surface area contributed by atoms with Gasteiger partial charge in [-0.1, -0.05) is 0 Å². The zero-order valence-electron chi connectivity index (χ0n) is 24.0. The molecule has 0 bridgehead atoms. The van der Waals surface area contributed by atoms with Crippen LogP contribution in [0.3, 0.4) is 0 Å². The summed E-state index contributed by atoms with van der Waals surface area (Å²) in [6, 6.07) is 68.9. The molecule has 1 heterocycles. The van der Waals surface area contributed by atoms with E-state index in [1.54, 1.807) is 0 Å². The average molecular weight is 1050 g/mol. The summed E-state index contributed by atoms with van der Waals surface area (Å²) in [6.45, 7) is 0. The molecule has 0 saturated carbocycles. The summed E-state index contributed by atoms with van der Waals surface area (Å²) in [5.41, 5.74) is 0. The van der Waals surface area contributed by atoms with E-state index in [2.05, 4.69) is 221 Å². The Labute approximate surface area is 297 Å². The molecule has 1 aliphatic heterocycles. The van der Waals surface area contributed by atoms with Gasteiger partial charge in [0.05, 0.1) is 0 Å². The van der Waals surface area contributed by atoms with Crippen molar-refractivity contribution in [1.29, 1.82) is 0 Å². The molecular formula is C36H32I2N2P2Sn2+2. The summed E-state index contributed by atoms with van der Waals surface area (Å²) in [5.74, 6) is 0. The normalized spacial score (nSPS) is 17.6. The second-order valence-electron chi connectivity index (χ2n) is 10.7. The van der Waals surface area contributed by atoms with Gasteiger partial charge in [0.1, 0.15) is 0 Å². The Morgan fingerprint density at radius 1 is 0.295 bits per heavy atom. The van der Waals surface area contributed by atoms with Gasteiger partial charge >= 0.3 is 301 Å². The van der Waals surface area contributed by atoms with Gasteiger partial charge in [0, 0.05) is 0 Å². The predicted octanol–water partition coefficient (Wildman–Crippen LogP) is 6.73. The first-order chi connectivity index (χ1) is 21.7. The van der Waals surface area contributed by atoms with E-state index >= 15 is 0 Å². The van der Waals surface area contributed by atoms with Crippen molar-refractivity contribution >= 4 is 117 Å². The van der Waals surface area contributed by atoms with E-state index in [0.29, 0.717) is 0 Å². The van der Waals surface area contributed by atoms with Gasteiger partial charge in [-0.15, -0.1) is 0 Å². The van der Waals surface area contributed by atoms with Crippen molar-refractivity contribution in [2.75, 3.05) is 0 Å². The summed E-state index contributed by atoms with van der Waals surface area (Å²) in [4.78, 5) is 0. The third-order valence-electron chi connectivity index (χ3n) is 8.35. The molecule has 1 saturated heterocycles. The van der Waals surface area contributed by atoms with Crippen LogP contribution in [0.15, 0.2) is 182 Å². The molecular weight excluding hydrogens is 1010 g/mol. The molecule has 0 amide bonds. The molecule has 0 unspecified atom stereocenters. The first kappa shape index (κ1) is 31.7. The molecule has 2 nitrogen and oxygen atoms in total. The molecule has 0 aliphatic carbocycles. The van der Waals surface area contributed by atoms with Gasteiger partial charge in [0.2, 0.25) is 0 Å². The van der Waals surface area contributed by atoms with Crippen LogP contribution in [0.5, 0.6) is 0 Å². The Hall–Kier alpha value is -0.843. The standard InChI is InChI=1S/2C18H15NP.2HI.2Sn.2H/c2*19-20(16-10-4-1-5-11-16,17-12-6-2-7-13-17)18-14-8-3-9-15-18;;;;;;/h2*1-15H;2*1H;;;;/q2*+1;;;2*+1;;/p-2. The van der Waals surface area contributed by atoms with Gasteiger partial charge in [-0.25, -0.2) is 0 Å². The summed E-state index contributed by atoms with van der Waals surface area (Å²) in [6.07, 6.45) is 0. The molecule has 44 heavy (non-hydrogen) atoms. The Balaban J connectivity index is 1.50. The maximum atomic E-state index is 3.25. The molecule has 216 valence electrons. The molecule has 0 radical (unpaired) electrons. The van der Waals surface area contributed by atoms with Crippen molar-refractivity contribution in [1.82, 2.24) is 2.23 Å². The Kier molecular flexibility index (Phi) is 10.2. The van der Waals surface area contributed by atoms with E-state index in [0.717, 1.165) is 0 Å². The van der Waals surface area contributed by atoms with Crippen LogP contribution in [-0.4, -0.2) is 34.9 Å². The summed E-state index contributed by atoms with van der Waals surface area (Å²) in [5, 5.41) is 8.90.